The van der Waals surface area contributed by atoms with E-state index in [2.05, 4.69) is 10.1 Å². The number of benzene rings is 1. The van der Waals surface area contributed by atoms with Gasteiger partial charge >= 0.3 is 0 Å². The molecule has 1 amide bonds. The van der Waals surface area contributed by atoms with Gasteiger partial charge in [-0.25, -0.2) is 0 Å². The van der Waals surface area contributed by atoms with Crippen molar-refractivity contribution < 1.29 is 9.32 Å². The Morgan fingerprint density at radius 1 is 1.27 bits per heavy atom. The van der Waals surface area contributed by atoms with Crippen molar-refractivity contribution in [3.63, 3.8) is 0 Å². The van der Waals surface area contributed by atoms with Gasteiger partial charge in [-0.2, -0.15) is 0 Å². The second-order valence-corrected chi connectivity index (χ2v) is 7.51. The van der Waals surface area contributed by atoms with Gasteiger partial charge in [-0.3, -0.25) is 4.79 Å². The number of nitrogens with two attached hydrogens (primary N) is 1. The van der Waals surface area contributed by atoms with Crippen LogP contribution in [0.5, 0.6) is 0 Å². The first-order valence-electron chi connectivity index (χ1n) is 9.17. The molecule has 1 aliphatic carbocycles. The van der Waals surface area contributed by atoms with Gasteiger partial charge in [0.15, 0.2) is 5.69 Å². The zero-order valence-corrected chi connectivity index (χ0v) is 15.3. The Kier molecular flexibility index (Phi) is 4.72. The molecule has 1 aliphatic rings. The maximum absolute atomic E-state index is 11.8. The highest BCUT2D eigenvalue weighted by Gasteiger charge is 2.27. The van der Waals surface area contributed by atoms with Gasteiger partial charge in [0.1, 0.15) is 5.76 Å². The van der Waals surface area contributed by atoms with Crippen molar-refractivity contribution >= 4 is 28.4 Å². The molecule has 3 aromatic rings. The fraction of sp³-hybridized carbons (Fsp3) is 0.400. The lowest BCUT2D eigenvalue weighted by molar-refractivity contribution is 0.0990. The Hall–Kier alpha value is -2.27. The van der Waals surface area contributed by atoms with Crippen LogP contribution >= 0.6 is 11.6 Å². The summed E-state index contributed by atoms with van der Waals surface area (Å²) < 4.78 is 5.59. The minimum Gasteiger partial charge on any atom is -0.364 e. The maximum Gasteiger partial charge on any atom is 0.271 e. The molecule has 0 bridgehead atoms. The first-order chi connectivity index (χ1) is 12.6. The SMILES string of the molecule is NC(=O)c1noc(C2CCCCC2)c1CCc1c[nH]c2ccc(Cl)cc12. The number of amides is 1. The number of hydrogen-bond donors (Lipinski definition) is 2. The van der Waals surface area contributed by atoms with E-state index in [1.165, 1.54) is 19.3 Å². The fourth-order valence-corrected chi connectivity index (χ4v) is 4.23. The van der Waals surface area contributed by atoms with Gasteiger partial charge in [-0.15, -0.1) is 0 Å². The van der Waals surface area contributed by atoms with Crippen LogP contribution in [0.15, 0.2) is 28.9 Å². The number of H-pyrrole nitrogens is 1. The summed E-state index contributed by atoms with van der Waals surface area (Å²) in [6.45, 7) is 0. The predicted molar refractivity (Wildman–Crippen MR) is 102 cm³/mol. The third-order valence-electron chi connectivity index (χ3n) is 5.40. The summed E-state index contributed by atoms with van der Waals surface area (Å²) in [5.74, 6) is 0.681. The number of halogens is 1. The molecule has 2 aromatic heterocycles. The molecule has 1 fully saturated rings. The van der Waals surface area contributed by atoms with E-state index in [1.807, 2.05) is 24.4 Å². The van der Waals surface area contributed by atoms with E-state index in [0.717, 1.165) is 47.1 Å². The van der Waals surface area contributed by atoms with Crippen molar-refractivity contribution in [3.05, 3.63) is 52.0 Å². The number of carbonyl (C=O) groups is 1. The predicted octanol–water partition coefficient (Wildman–Crippen LogP) is 4.74. The normalized spacial score (nSPS) is 15.6. The highest BCUT2D eigenvalue weighted by molar-refractivity contribution is 6.31. The van der Waals surface area contributed by atoms with Gasteiger partial charge in [0, 0.05) is 33.6 Å². The molecule has 26 heavy (non-hydrogen) atoms. The first kappa shape index (κ1) is 17.2. The van der Waals surface area contributed by atoms with Crippen LogP contribution in [0.3, 0.4) is 0 Å². The number of primary amides is 1. The molecule has 4 rings (SSSR count). The fourth-order valence-electron chi connectivity index (χ4n) is 4.06. The van der Waals surface area contributed by atoms with E-state index < -0.39 is 5.91 Å². The molecule has 0 radical (unpaired) electrons. The van der Waals surface area contributed by atoms with Gasteiger partial charge in [-0.05, 0) is 49.4 Å². The highest BCUT2D eigenvalue weighted by atomic mass is 35.5. The number of hydrogen-bond acceptors (Lipinski definition) is 3. The summed E-state index contributed by atoms with van der Waals surface area (Å²) >= 11 is 6.14. The minimum absolute atomic E-state index is 0.281. The molecule has 2 heterocycles. The molecule has 0 spiro atoms. The molecule has 0 atom stereocenters. The molecule has 0 saturated heterocycles. The summed E-state index contributed by atoms with van der Waals surface area (Å²) in [5, 5.41) is 5.81. The summed E-state index contributed by atoms with van der Waals surface area (Å²) in [6, 6.07) is 5.81. The van der Waals surface area contributed by atoms with E-state index in [9.17, 15) is 4.79 Å². The van der Waals surface area contributed by atoms with Crippen LogP contribution in [0, 0.1) is 0 Å². The van der Waals surface area contributed by atoms with E-state index in [4.69, 9.17) is 21.9 Å². The van der Waals surface area contributed by atoms with Crippen LogP contribution in [-0.4, -0.2) is 16.0 Å². The second-order valence-electron chi connectivity index (χ2n) is 7.08. The molecular formula is C20H22ClN3O2. The number of fused-ring (bicyclic) bond motifs is 1. The van der Waals surface area contributed by atoms with E-state index in [0.29, 0.717) is 17.4 Å². The van der Waals surface area contributed by atoms with Gasteiger partial charge in [0.25, 0.3) is 5.91 Å². The molecule has 1 aromatic carbocycles. The summed E-state index contributed by atoms with van der Waals surface area (Å²) in [5.41, 5.74) is 8.90. The number of aromatic nitrogens is 2. The zero-order chi connectivity index (χ0) is 18.1. The average molecular weight is 372 g/mol. The summed E-state index contributed by atoms with van der Waals surface area (Å²) in [6.07, 6.45) is 9.26. The van der Waals surface area contributed by atoms with Crippen molar-refractivity contribution in [1.82, 2.24) is 10.1 Å². The lowest BCUT2D eigenvalue weighted by Crippen LogP contribution is -2.15. The summed E-state index contributed by atoms with van der Waals surface area (Å²) in [7, 11) is 0. The van der Waals surface area contributed by atoms with Crippen molar-refractivity contribution in [3.8, 4) is 0 Å². The molecule has 0 unspecified atom stereocenters. The number of rotatable bonds is 5. The third kappa shape index (κ3) is 3.23. The van der Waals surface area contributed by atoms with Crippen molar-refractivity contribution in [1.29, 1.82) is 0 Å². The molecule has 6 heteroatoms. The standard InChI is InChI=1S/C20H22ClN3O2/c21-14-7-9-17-16(10-14)13(11-23-17)6-8-15-18(20(22)25)24-26-19(15)12-4-2-1-3-5-12/h7,9-12,23H,1-6,8H2,(H2,22,25). The van der Waals surface area contributed by atoms with Crippen LogP contribution in [0.4, 0.5) is 0 Å². The Balaban J connectivity index is 1.63. The number of nitrogens with zero attached hydrogens (tertiary/aromatic N) is 1. The Labute approximate surface area is 156 Å². The van der Waals surface area contributed by atoms with E-state index >= 15 is 0 Å². The van der Waals surface area contributed by atoms with E-state index in [-0.39, 0.29) is 5.69 Å². The van der Waals surface area contributed by atoms with Gasteiger partial charge < -0.3 is 15.2 Å². The van der Waals surface area contributed by atoms with Crippen molar-refractivity contribution in [2.45, 2.75) is 50.9 Å². The molecule has 0 aliphatic heterocycles. The van der Waals surface area contributed by atoms with Crippen LogP contribution in [0.25, 0.3) is 10.9 Å². The van der Waals surface area contributed by atoms with Crippen molar-refractivity contribution in [2.24, 2.45) is 5.73 Å². The van der Waals surface area contributed by atoms with Crippen molar-refractivity contribution in [2.75, 3.05) is 0 Å². The van der Waals surface area contributed by atoms with E-state index in [1.54, 1.807) is 0 Å². The molecule has 5 nitrogen and oxygen atoms in total. The molecule has 3 N–H and O–H groups in total. The number of aryl methyl sites for hydroxylation is 1. The number of nitrogens with one attached hydrogen (secondary N) is 1. The highest BCUT2D eigenvalue weighted by Crippen LogP contribution is 2.36. The van der Waals surface area contributed by atoms with Crippen LogP contribution in [0.2, 0.25) is 5.02 Å². The van der Waals surface area contributed by atoms with Crippen LogP contribution < -0.4 is 5.73 Å². The quantitative estimate of drug-likeness (QED) is 0.679. The minimum atomic E-state index is -0.521. The average Bonchev–Trinajstić information content (AvgIpc) is 3.24. The number of aromatic amines is 1. The monoisotopic (exact) mass is 371 g/mol. The first-order valence-corrected chi connectivity index (χ1v) is 9.55. The molecule has 136 valence electrons. The molecular weight excluding hydrogens is 350 g/mol. The van der Waals surface area contributed by atoms with Gasteiger partial charge in [-0.1, -0.05) is 36.0 Å². The third-order valence-corrected chi connectivity index (χ3v) is 5.64. The Morgan fingerprint density at radius 3 is 2.85 bits per heavy atom. The van der Waals surface area contributed by atoms with Gasteiger partial charge in [0.2, 0.25) is 0 Å². The lowest BCUT2D eigenvalue weighted by atomic mass is 9.85. The Bertz CT molecular complexity index is 938. The number of carbonyl (C=O) groups excluding carboxylic acids is 1. The largest absolute Gasteiger partial charge is 0.364 e. The van der Waals surface area contributed by atoms with Gasteiger partial charge in [0.05, 0.1) is 0 Å². The molecule has 1 saturated carbocycles. The smallest absolute Gasteiger partial charge is 0.271 e. The van der Waals surface area contributed by atoms with Crippen LogP contribution in [-0.2, 0) is 12.8 Å². The summed E-state index contributed by atoms with van der Waals surface area (Å²) in [4.78, 5) is 15.1. The second kappa shape index (κ2) is 7.16. The van der Waals surface area contributed by atoms with Crippen LogP contribution in [0.1, 0.15) is 65.4 Å². The topological polar surface area (TPSA) is 84.9 Å². The Morgan fingerprint density at radius 2 is 2.08 bits per heavy atom. The maximum atomic E-state index is 11.8. The zero-order valence-electron chi connectivity index (χ0n) is 14.6. The lowest BCUT2D eigenvalue weighted by Gasteiger charge is -2.20.